The Hall–Kier alpha value is -0.860. The second kappa shape index (κ2) is 5.40. The minimum absolute atomic E-state index is 0.572. The number of rotatable bonds is 1. The number of hydrogen-bond acceptors (Lipinski definition) is 2. The van der Waals surface area contributed by atoms with E-state index in [1.54, 1.807) is 11.1 Å². The van der Waals surface area contributed by atoms with E-state index in [1.807, 2.05) is 0 Å². The van der Waals surface area contributed by atoms with Crippen LogP contribution in [0.2, 0.25) is 0 Å². The van der Waals surface area contributed by atoms with Crippen LogP contribution in [0.3, 0.4) is 0 Å². The highest BCUT2D eigenvalue weighted by molar-refractivity contribution is 5.37. The molecule has 2 nitrogen and oxygen atoms in total. The number of hydrogen-bond donors (Lipinski definition) is 1. The van der Waals surface area contributed by atoms with E-state index in [2.05, 4.69) is 35.3 Å². The van der Waals surface area contributed by atoms with E-state index in [0.29, 0.717) is 11.5 Å². The summed E-state index contributed by atoms with van der Waals surface area (Å²) in [6, 6.07) is 7.79. The maximum Gasteiger partial charge on any atom is 0.0354 e. The Morgan fingerprint density at radius 1 is 1.24 bits per heavy atom. The van der Waals surface area contributed by atoms with Gasteiger partial charge in [0, 0.05) is 19.1 Å². The largest absolute Gasteiger partial charge is 0.316 e. The predicted octanol–water partition coefficient (Wildman–Crippen LogP) is 3.45. The fraction of sp³-hybridized carbons (Fsp3) is 0.684. The van der Waals surface area contributed by atoms with Gasteiger partial charge in [-0.25, -0.2) is 0 Å². The summed E-state index contributed by atoms with van der Waals surface area (Å²) in [5, 5.41) is 3.66. The lowest BCUT2D eigenvalue weighted by molar-refractivity contribution is 0.0371. The zero-order chi connectivity index (χ0) is 14.3. The number of nitrogens with one attached hydrogen (secondary N) is 1. The second-order valence-corrected chi connectivity index (χ2v) is 7.61. The van der Waals surface area contributed by atoms with E-state index in [4.69, 9.17) is 0 Å². The molecule has 0 saturated carbocycles. The number of fused-ring (bicyclic) bond motifs is 1. The Kier molecular flexibility index (Phi) is 3.55. The van der Waals surface area contributed by atoms with Crippen LogP contribution in [0.4, 0.5) is 0 Å². The highest BCUT2D eigenvalue weighted by Crippen LogP contribution is 2.43. The smallest absolute Gasteiger partial charge is 0.0354 e. The van der Waals surface area contributed by atoms with Crippen molar-refractivity contribution in [3.63, 3.8) is 0 Å². The summed E-state index contributed by atoms with van der Waals surface area (Å²) in [7, 11) is 0. The number of aryl methyl sites for hydroxylation is 2. The van der Waals surface area contributed by atoms with Gasteiger partial charge >= 0.3 is 0 Å². The van der Waals surface area contributed by atoms with Crippen molar-refractivity contribution in [2.75, 3.05) is 26.2 Å². The zero-order valence-corrected chi connectivity index (χ0v) is 13.3. The molecule has 0 radical (unpaired) electrons. The van der Waals surface area contributed by atoms with Crippen LogP contribution in [-0.4, -0.2) is 31.1 Å². The summed E-state index contributed by atoms with van der Waals surface area (Å²) >= 11 is 0. The van der Waals surface area contributed by atoms with Gasteiger partial charge in [0.1, 0.15) is 0 Å². The molecule has 0 bridgehead atoms. The van der Waals surface area contributed by atoms with Crippen LogP contribution in [0.25, 0.3) is 0 Å². The molecular weight excluding hydrogens is 256 g/mol. The molecule has 2 heterocycles. The molecular formula is C19H28N2. The maximum absolute atomic E-state index is 3.66. The molecule has 2 atom stereocenters. The molecule has 2 fully saturated rings. The van der Waals surface area contributed by atoms with Crippen molar-refractivity contribution in [3.05, 3.63) is 34.9 Å². The van der Waals surface area contributed by atoms with Crippen LogP contribution < -0.4 is 5.32 Å². The van der Waals surface area contributed by atoms with Gasteiger partial charge in [0.2, 0.25) is 0 Å². The Bertz CT molecular complexity index is 511. The third kappa shape index (κ3) is 2.53. The molecule has 1 aromatic carbocycles. The predicted molar refractivity (Wildman–Crippen MR) is 87.6 cm³/mol. The molecule has 1 aliphatic carbocycles. The van der Waals surface area contributed by atoms with Crippen molar-refractivity contribution >= 4 is 0 Å². The van der Waals surface area contributed by atoms with Crippen LogP contribution in [0.5, 0.6) is 0 Å². The summed E-state index contributed by atoms with van der Waals surface area (Å²) in [5.74, 6) is 0. The van der Waals surface area contributed by atoms with Gasteiger partial charge in [-0.3, -0.25) is 4.90 Å². The SMILES string of the molecule is Cc1ccc2c(c1)C(N1CCCC3(CCCNC3)C1)CC2. The Morgan fingerprint density at radius 3 is 3.00 bits per heavy atom. The quantitative estimate of drug-likeness (QED) is 0.850. The van der Waals surface area contributed by atoms with Crippen LogP contribution in [-0.2, 0) is 6.42 Å². The summed E-state index contributed by atoms with van der Waals surface area (Å²) in [6.45, 7) is 7.33. The van der Waals surface area contributed by atoms with E-state index in [1.165, 1.54) is 70.3 Å². The van der Waals surface area contributed by atoms with E-state index < -0.39 is 0 Å². The summed E-state index contributed by atoms with van der Waals surface area (Å²) in [4.78, 5) is 2.82. The van der Waals surface area contributed by atoms with Gasteiger partial charge < -0.3 is 5.32 Å². The topological polar surface area (TPSA) is 15.3 Å². The van der Waals surface area contributed by atoms with Crippen molar-refractivity contribution in [2.45, 2.75) is 51.5 Å². The van der Waals surface area contributed by atoms with Gasteiger partial charge in [-0.05, 0) is 75.1 Å². The molecule has 114 valence electrons. The van der Waals surface area contributed by atoms with Crippen LogP contribution >= 0.6 is 0 Å². The molecule has 2 aliphatic heterocycles. The zero-order valence-electron chi connectivity index (χ0n) is 13.3. The molecule has 2 unspecified atom stereocenters. The first-order valence-corrected chi connectivity index (χ1v) is 8.80. The van der Waals surface area contributed by atoms with Crippen molar-refractivity contribution < 1.29 is 0 Å². The number of nitrogens with zero attached hydrogens (tertiary/aromatic N) is 1. The lowest BCUT2D eigenvalue weighted by atomic mass is 9.74. The highest BCUT2D eigenvalue weighted by atomic mass is 15.2. The third-order valence-electron chi connectivity index (χ3n) is 6.04. The average molecular weight is 284 g/mol. The van der Waals surface area contributed by atoms with E-state index in [0.717, 1.165) is 0 Å². The second-order valence-electron chi connectivity index (χ2n) is 7.61. The van der Waals surface area contributed by atoms with Gasteiger partial charge in [0.15, 0.2) is 0 Å². The maximum atomic E-state index is 3.66. The highest BCUT2D eigenvalue weighted by Gasteiger charge is 2.40. The Balaban J connectivity index is 1.56. The fourth-order valence-corrected chi connectivity index (χ4v) is 4.97. The summed E-state index contributed by atoms with van der Waals surface area (Å²) in [6.07, 6.45) is 8.24. The van der Waals surface area contributed by atoms with Crippen molar-refractivity contribution in [2.24, 2.45) is 5.41 Å². The van der Waals surface area contributed by atoms with E-state index >= 15 is 0 Å². The standard InChI is InChI=1S/C19H28N2/c1-15-4-5-16-6-7-18(17(16)12-15)21-11-3-9-19(14-21)8-2-10-20-13-19/h4-5,12,18,20H,2-3,6-11,13-14H2,1H3. The molecule has 21 heavy (non-hydrogen) atoms. The first-order chi connectivity index (χ1) is 10.3. The number of benzene rings is 1. The monoisotopic (exact) mass is 284 g/mol. The molecule has 2 heteroatoms. The van der Waals surface area contributed by atoms with Gasteiger partial charge in [0.05, 0.1) is 0 Å². The first-order valence-electron chi connectivity index (χ1n) is 8.80. The van der Waals surface area contributed by atoms with Gasteiger partial charge in [-0.1, -0.05) is 23.8 Å². The summed E-state index contributed by atoms with van der Waals surface area (Å²) in [5.41, 5.74) is 5.23. The Morgan fingerprint density at radius 2 is 2.14 bits per heavy atom. The third-order valence-corrected chi connectivity index (χ3v) is 6.04. The molecule has 2 saturated heterocycles. The minimum Gasteiger partial charge on any atom is -0.316 e. The van der Waals surface area contributed by atoms with E-state index in [-0.39, 0.29) is 0 Å². The van der Waals surface area contributed by atoms with Gasteiger partial charge in [0.25, 0.3) is 0 Å². The van der Waals surface area contributed by atoms with Crippen LogP contribution in [0.15, 0.2) is 18.2 Å². The van der Waals surface area contributed by atoms with Gasteiger partial charge in [-0.15, -0.1) is 0 Å². The lowest BCUT2D eigenvalue weighted by Gasteiger charge is -2.47. The van der Waals surface area contributed by atoms with Gasteiger partial charge in [-0.2, -0.15) is 0 Å². The van der Waals surface area contributed by atoms with E-state index in [9.17, 15) is 0 Å². The lowest BCUT2D eigenvalue weighted by Crippen LogP contribution is -2.51. The molecule has 0 amide bonds. The minimum atomic E-state index is 0.572. The van der Waals surface area contributed by atoms with Crippen molar-refractivity contribution in [1.29, 1.82) is 0 Å². The number of piperidine rings is 2. The molecule has 0 aromatic heterocycles. The van der Waals surface area contributed by atoms with Crippen molar-refractivity contribution in [3.8, 4) is 0 Å². The average Bonchev–Trinajstić information content (AvgIpc) is 2.91. The molecule has 1 spiro atoms. The van der Waals surface area contributed by atoms with Crippen LogP contribution in [0.1, 0.15) is 54.8 Å². The molecule has 3 aliphatic rings. The Labute approximate surface area is 128 Å². The normalized spacial score (nSPS) is 33.3. The fourth-order valence-electron chi connectivity index (χ4n) is 4.97. The molecule has 4 rings (SSSR count). The van der Waals surface area contributed by atoms with Crippen LogP contribution in [0, 0.1) is 12.3 Å². The number of likely N-dealkylation sites (tertiary alicyclic amines) is 1. The molecule has 1 aromatic rings. The first kappa shape index (κ1) is 13.8. The summed E-state index contributed by atoms with van der Waals surface area (Å²) < 4.78 is 0. The molecule has 1 N–H and O–H groups in total. The van der Waals surface area contributed by atoms with Crippen molar-refractivity contribution in [1.82, 2.24) is 10.2 Å².